The number of methoxy groups -OCH3 is 1. The summed E-state index contributed by atoms with van der Waals surface area (Å²) in [7, 11) is 1.69. The van der Waals surface area contributed by atoms with Crippen LogP contribution in [0.25, 0.3) is 0 Å². The molecule has 1 aliphatic rings. The van der Waals surface area contributed by atoms with Crippen LogP contribution in [0.1, 0.15) is 30.2 Å². The third kappa shape index (κ3) is 4.83. The SMILES string of the molecule is CCN(C(=O)CN(Cc1cccs1)Cc1ccccc1OC)C1CC1. The van der Waals surface area contributed by atoms with Crippen molar-refractivity contribution in [3.63, 3.8) is 0 Å². The second-order valence-electron chi connectivity index (χ2n) is 6.45. The molecule has 0 unspecified atom stereocenters. The minimum Gasteiger partial charge on any atom is -0.496 e. The highest BCUT2D eigenvalue weighted by Crippen LogP contribution is 2.27. The summed E-state index contributed by atoms with van der Waals surface area (Å²) < 4.78 is 5.48. The van der Waals surface area contributed by atoms with E-state index < -0.39 is 0 Å². The highest BCUT2D eigenvalue weighted by Gasteiger charge is 2.32. The van der Waals surface area contributed by atoms with E-state index in [1.165, 1.54) is 4.88 Å². The topological polar surface area (TPSA) is 32.8 Å². The van der Waals surface area contributed by atoms with Gasteiger partial charge < -0.3 is 9.64 Å². The van der Waals surface area contributed by atoms with Crippen LogP contribution in [-0.2, 0) is 17.9 Å². The van der Waals surface area contributed by atoms with E-state index in [4.69, 9.17) is 4.74 Å². The Balaban J connectivity index is 1.73. The van der Waals surface area contributed by atoms with E-state index in [0.717, 1.165) is 37.2 Å². The molecule has 0 bridgehead atoms. The van der Waals surface area contributed by atoms with Gasteiger partial charge in [0.15, 0.2) is 0 Å². The molecule has 25 heavy (non-hydrogen) atoms. The summed E-state index contributed by atoms with van der Waals surface area (Å²) >= 11 is 1.73. The summed E-state index contributed by atoms with van der Waals surface area (Å²) in [5, 5.41) is 2.08. The van der Waals surface area contributed by atoms with Crippen molar-refractivity contribution in [2.24, 2.45) is 0 Å². The predicted molar refractivity (Wildman–Crippen MR) is 102 cm³/mol. The second kappa shape index (κ2) is 8.50. The number of hydrogen-bond donors (Lipinski definition) is 0. The van der Waals surface area contributed by atoms with Gasteiger partial charge in [-0.25, -0.2) is 0 Å². The fourth-order valence-corrected chi connectivity index (χ4v) is 3.92. The molecule has 2 aromatic rings. The molecule has 0 N–H and O–H groups in total. The molecular weight excluding hydrogens is 332 g/mol. The number of amides is 1. The largest absolute Gasteiger partial charge is 0.496 e. The quantitative estimate of drug-likeness (QED) is 0.684. The Kier molecular flexibility index (Phi) is 6.10. The highest BCUT2D eigenvalue weighted by atomic mass is 32.1. The van der Waals surface area contributed by atoms with E-state index in [1.807, 2.05) is 23.1 Å². The lowest BCUT2D eigenvalue weighted by atomic mass is 10.2. The molecular formula is C20H26N2O2S. The van der Waals surface area contributed by atoms with Crippen molar-refractivity contribution in [3.05, 3.63) is 52.2 Å². The molecule has 1 heterocycles. The zero-order valence-electron chi connectivity index (χ0n) is 15.0. The van der Waals surface area contributed by atoms with Crippen LogP contribution >= 0.6 is 11.3 Å². The lowest BCUT2D eigenvalue weighted by Gasteiger charge is -2.27. The third-order valence-corrected chi connectivity index (χ3v) is 5.41. The Morgan fingerprint density at radius 1 is 1.20 bits per heavy atom. The minimum atomic E-state index is 0.233. The smallest absolute Gasteiger partial charge is 0.237 e. The average molecular weight is 359 g/mol. The van der Waals surface area contributed by atoms with Crippen molar-refractivity contribution >= 4 is 17.2 Å². The fourth-order valence-electron chi connectivity index (χ4n) is 3.17. The molecule has 1 amide bonds. The van der Waals surface area contributed by atoms with Gasteiger partial charge >= 0.3 is 0 Å². The first kappa shape index (κ1) is 18.0. The summed E-state index contributed by atoms with van der Waals surface area (Å²) in [5.41, 5.74) is 1.11. The van der Waals surface area contributed by atoms with E-state index in [9.17, 15) is 4.79 Å². The Labute approximate surface area is 154 Å². The number of carbonyl (C=O) groups excluding carboxylic acids is 1. The Morgan fingerprint density at radius 3 is 2.64 bits per heavy atom. The van der Waals surface area contributed by atoms with E-state index in [-0.39, 0.29) is 5.91 Å². The Hall–Kier alpha value is -1.85. The van der Waals surface area contributed by atoms with Crippen LogP contribution in [-0.4, -0.2) is 41.9 Å². The van der Waals surface area contributed by atoms with Gasteiger partial charge in [0.1, 0.15) is 5.75 Å². The Morgan fingerprint density at radius 2 is 2.00 bits per heavy atom. The first-order valence-corrected chi connectivity index (χ1v) is 9.75. The molecule has 1 fully saturated rings. The number of benzene rings is 1. The minimum absolute atomic E-state index is 0.233. The number of rotatable bonds is 9. The molecule has 1 saturated carbocycles. The van der Waals surface area contributed by atoms with Crippen LogP contribution in [0, 0.1) is 0 Å². The summed E-state index contributed by atoms with van der Waals surface area (Å²) in [4.78, 5) is 18.3. The van der Waals surface area contributed by atoms with E-state index >= 15 is 0 Å². The zero-order chi connectivity index (χ0) is 17.6. The van der Waals surface area contributed by atoms with Gasteiger partial charge in [0.25, 0.3) is 0 Å². The van der Waals surface area contributed by atoms with Crippen molar-refractivity contribution in [2.45, 2.75) is 38.9 Å². The monoisotopic (exact) mass is 358 g/mol. The molecule has 0 saturated heterocycles. The first-order valence-electron chi connectivity index (χ1n) is 8.87. The van der Waals surface area contributed by atoms with Crippen LogP contribution in [0.4, 0.5) is 0 Å². The van der Waals surface area contributed by atoms with Crippen molar-refractivity contribution < 1.29 is 9.53 Å². The predicted octanol–water partition coefficient (Wildman–Crippen LogP) is 3.77. The van der Waals surface area contributed by atoms with Crippen LogP contribution in [0.15, 0.2) is 41.8 Å². The number of likely N-dealkylation sites (N-methyl/N-ethyl adjacent to an activating group) is 1. The summed E-state index contributed by atoms with van der Waals surface area (Å²) in [6.07, 6.45) is 2.30. The first-order chi connectivity index (χ1) is 12.2. The lowest BCUT2D eigenvalue weighted by molar-refractivity contribution is -0.133. The maximum Gasteiger partial charge on any atom is 0.237 e. The van der Waals surface area contributed by atoms with Gasteiger partial charge in [-0.15, -0.1) is 11.3 Å². The molecule has 0 aliphatic heterocycles. The highest BCUT2D eigenvalue weighted by molar-refractivity contribution is 7.09. The molecule has 1 aromatic heterocycles. The molecule has 0 atom stereocenters. The summed E-state index contributed by atoms with van der Waals surface area (Å²) in [5.74, 6) is 1.11. The van der Waals surface area contributed by atoms with Gasteiger partial charge in [0.05, 0.1) is 13.7 Å². The second-order valence-corrected chi connectivity index (χ2v) is 7.48. The molecule has 4 nitrogen and oxygen atoms in total. The van der Waals surface area contributed by atoms with Gasteiger partial charge in [-0.2, -0.15) is 0 Å². The van der Waals surface area contributed by atoms with Crippen molar-refractivity contribution in [2.75, 3.05) is 20.2 Å². The van der Waals surface area contributed by atoms with Crippen molar-refractivity contribution in [1.82, 2.24) is 9.80 Å². The third-order valence-electron chi connectivity index (χ3n) is 4.55. The molecule has 1 aromatic carbocycles. The number of nitrogens with zero attached hydrogens (tertiary/aromatic N) is 2. The normalized spacial score (nSPS) is 13.9. The number of carbonyl (C=O) groups is 1. The van der Waals surface area contributed by atoms with E-state index in [2.05, 4.69) is 35.4 Å². The van der Waals surface area contributed by atoms with Gasteiger partial charge in [-0.05, 0) is 37.3 Å². The van der Waals surface area contributed by atoms with Crippen molar-refractivity contribution in [1.29, 1.82) is 0 Å². The van der Waals surface area contributed by atoms with Gasteiger partial charge in [0, 0.05) is 36.1 Å². The summed E-state index contributed by atoms with van der Waals surface area (Å²) in [6.45, 7) is 4.80. The summed E-state index contributed by atoms with van der Waals surface area (Å²) in [6, 6.07) is 12.7. The van der Waals surface area contributed by atoms with E-state index in [0.29, 0.717) is 19.1 Å². The molecule has 0 spiro atoms. The Bertz CT molecular complexity index is 683. The van der Waals surface area contributed by atoms with Gasteiger partial charge in [-0.3, -0.25) is 9.69 Å². The van der Waals surface area contributed by atoms with Gasteiger partial charge in [-0.1, -0.05) is 24.3 Å². The van der Waals surface area contributed by atoms with E-state index in [1.54, 1.807) is 18.4 Å². The number of para-hydroxylation sites is 1. The van der Waals surface area contributed by atoms with Gasteiger partial charge in [0.2, 0.25) is 5.91 Å². The standard InChI is InChI=1S/C20H26N2O2S/c1-3-22(17-10-11-17)20(23)15-21(14-18-8-6-12-25-18)13-16-7-4-5-9-19(16)24-2/h4-9,12,17H,3,10-11,13-15H2,1-2H3. The van der Waals surface area contributed by atoms with Crippen LogP contribution in [0.3, 0.4) is 0 Å². The molecule has 5 heteroatoms. The number of hydrogen-bond acceptors (Lipinski definition) is 4. The maximum atomic E-state index is 12.8. The molecule has 0 radical (unpaired) electrons. The lowest BCUT2D eigenvalue weighted by Crippen LogP contribution is -2.41. The van der Waals surface area contributed by atoms with Crippen molar-refractivity contribution in [3.8, 4) is 5.75 Å². The number of ether oxygens (including phenoxy) is 1. The van der Waals surface area contributed by atoms with Crippen LogP contribution in [0.5, 0.6) is 5.75 Å². The maximum absolute atomic E-state index is 12.8. The van der Waals surface area contributed by atoms with Crippen LogP contribution in [0.2, 0.25) is 0 Å². The average Bonchev–Trinajstić information content (AvgIpc) is 3.31. The molecule has 3 rings (SSSR count). The number of thiophene rings is 1. The van der Waals surface area contributed by atoms with Crippen LogP contribution < -0.4 is 4.74 Å². The fraction of sp³-hybridized carbons (Fsp3) is 0.450. The molecule has 1 aliphatic carbocycles. The molecule has 134 valence electrons. The zero-order valence-corrected chi connectivity index (χ0v) is 15.8.